The highest BCUT2D eigenvalue weighted by Gasteiger charge is 2.05. The molecule has 0 aromatic heterocycles. The first-order valence-corrected chi connectivity index (χ1v) is 8.70. The van der Waals surface area contributed by atoms with Gasteiger partial charge in [-0.1, -0.05) is 26.0 Å². The molecule has 2 aromatic rings. The summed E-state index contributed by atoms with van der Waals surface area (Å²) < 4.78 is 5.74. The summed E-state index contributed by atoms with van der Waals surface area (Å²) in [6, 6.07) is 14.8. The number of carbonyl (C=O) groups is 1. The largest absolute Gasteiger partial charge is 0.492 e. The van der Waals surface area contributed by atoms with E-state index in [-0.39, 0.29) is 30.7 Å². The molecule has 7 heteroatoms. The average molecular weight is 414 g/mol. The van der Waals surface area contributed by atoms with Gasteiger partial charge in [0.2, 0.25) is 5.91 Å². The lowest BCUT2D eigenvalue weighted by Crippen LogP contribution is -2.27. The molecule has 0 spiro atoms. The monoisotopic (exact) mass is 413 g/mol. The molecule has 150 valence electrons. The minimum atomic E-state index is -0.0556. The normalized spacial score (nSPS) is 9.89. The molecule has 0 unspecified atom stereocenters. The Bertz CT molecular complexity index is 660. The fourth-order valence-corrected chi connectivity index (χ4v) is 2.49. The lowest BCUT2D eigenvalue weighted by molar-refractivity contribution is -0.115. The van der Waals surface area contributed by atoms with Crippen molar-refractivity contribution < 1.29 is 9.53 Å². The standard InChI is InChI=1S/C20H27N3O2.2ClH/c1-3-23(4-2)13-14-25-19-11-9-18(10-12-19)22-20(24)15-16-5-7-17(21)8-6-16;;/h5-12H,3-4,13-15,21H2,1-2H3,(H,22,24);2*1H. The fraction of sp³-hybridized carbons (Fsp3) is 0.350. The number of likely N-dealkylation sites (N-methyl/N-ethyl adjacent to an activating group) is 1. The third kappa shape index (κ3) is 9.00. The summed E-state index contributed by atoms with van der Waals surface area (Å²) in [6.45, 7) is 7.91. The van der Waals surface area contributed by atoms with Gasteiger partial charge in [0.05, 0.1) is 6.42 Å². The summed E-state index contributed by atoms with van der Waals surface area (Å²) in [6.07, 6.45) is 0.322. The fourth-order valence-electron chi connectivity index (χ4n) is 2.49. The van der Waals surface area contributed by atoms with Crippen molar-refractivity contribution in [1.29, 1.82) is 0 Å². The third-order valence-electron chi connectivity index (χ3n) is 4.05. The van der Waals surface area contributed by atoms with Crippen LogP contribution in [0.3, 0.4) is 0 Å². The molecule has 0 saturated heterocycles. The summed E-state index contributed by atoms with van der Waals surface area (Å²) >= 11 is 0. The van der Waals surface area contributed by atoms with E-state index in [4.69, 9.17) is 10.5 Å². The quantitative estimate of drug-likeness (QED) is 0.609. The lowest BCUT2D eigenvalue weighted by Gasteiger charge is -2.18. The van der Waals surface area contributed by atoms with E-state index in [1.54, 1.807) is 12.1 Å². The summed E-state index contributed by atoms with van der Waals surface area (Å²) in [5, 5.41) is 2.89. The van der Waals surface area contributed by atoms with E-state index in [0.717, 1.165) is 36.6 Å². The number of hydrogen-bond acceptors (Lipinski definition) is 4. The predicted octanol–water partition coefficient (Wildman–Crippen LogP) is 4.01. The molecule has 2 rings (SSSR count). The van der Waals surface area contributed by atoms with Crippen molar-refractivity contribution in [3.05, 3.63) is 54.1 Å². The summed E-state index contributed by atoms with van der Waals surface area (Å²) in [7, 11) is 0. The highest BCUT2D eigenvalue weighted by Crippen LogP contribution is 2.16. The number of halogens is 2. The molecule has 0 radical (unpaired) electrons. The van der Waals surface area contributed by atoms with Crippen molar-refractivity contribution in [2.24, 2.45) is 0 Å². The van der Waals surface area contributed by atoms with Gasteiger partial charge in [0.15, 0.2) is 0 Å². The van der Waals surface area contributed by atoms with Crippen LogP contribution in [-0.4, -0.2) is 37.0 Å². The van der Waals surface area contributed by atoms with Gasteiger partial charge >= 0.3 is 0 Å². The van der Waals surface area contributed by atoms with Crippen molar-refractivity contribution in [1.82, 2.24) is 4.90 Å². The zero-order chi connectivity index (χ0) is 18.1. The van der Waals surface area contributed by atoms with E-state index in [9.17, 15) is 4.79 Å². The Morgan fingerprint density at radius 3 is 2.15 bits per heavy atom. The SMILES string of the molecule is CCN(CC)CCOc1ccc(NC(=O)Cc2ccc(N)cc2)cc1.Cl.Cl. The Balaban J connectivity index is 0.00000338. The predicted molar refractivity (Wildman–Crippen MR) is 117 cm³/mol. The zero-order valence-electron chi connectivity index (χ0n) is 15.8. The maximum absolute atomic E-state index is 12.1. The van der Waals surface area contributed by atoms with Gasteiger partial charge < -0.3 is 20.7 Å². The first kappa shape index (κ1) is 25.1. The van der Waals surface area contributed by atoms with Gasteiger partial charge in [-0.3, -0.25) is 4.79 Å². The third-order valence-corrected chi connectivity index (χ3v) is 4.05. The highest BCUT2D eigenvalue weighted by atomic mass is 35.5. The zero-order valence-corrected chi connectivity index (χ0v) is 17.4. The summed E-state index contributed by atoms with van der Waals surface area (Å²) in [5.74, 6) is 0.753. The van der Waals surface area contributed by atoms with Crippen LogP contribution in [0.5, 0.6) is 5.75 Å². The van der Waals surface area contributed by atoms with E-state index in [2.05, 4.69) is 24.1 Å². The number of hydrogen-bond donors (Lipinski definition) is 2. The average Bonchev–Trinajstić information content (AvgIpc) is 2.62. The molecular weight excluding hydrogens is 385 g/mol. The van der Waals surface area contributed by atoms with Gasteiger partial charge in [-0.05, 0) is 55.1 Å². The minimum absolute atomic E-state index is 0. The van der Waals surface area contributed by atoms with Crippen molar-refractivity contribution in [2.75, 3.05) is 37.3 Å². The maximum Gasteiger partial charge on any atom is 0.228 e. The van der Waals surface area contributed by atoms with E-state index in [0.29, 0.717) is 18.7 Å². The number of carbonyl (C=O) groups excluding carboxylic acids is 1. The first-order chi connectivity index (χ1) is 12.1. The molecule has 0 atom stereocenters. The maximum atomic E-state index is 12.1. The van der Waals surface area contributed by atoms with Crippen LogP contribution in [0.4, 0.5) is 11.4 Å². The molecule has 27 heavy (non-hydrogen) atoms. The lowest BCUT2D eigenvalue weighted by atomic mass is 10.1. The van der Waals surface area contributed by atoms with E-state index in [1.807, 2.05) is 36.4 Å². The number of amides is 1. The molecular formula is C20H29Cl2N3O2. The van der Waals surface area contributed by atoms with Gasteiger partial charge in [0, 0.05) is 17.9 Å². The molecule has 2 aromatic carbocycles. The molecule has 0 fully saturated rings. The molecule has 0 aliphatic rings. The van der Waals surface area contributed by atoms with E-state index in [1.165, 1.54) is 0 Å². The smallest absolute Gasteiger partial charge is 0.228 e. The highest BCUT2D eigenvalue weighted by molar-refractivity contribution is 5.92. The van der Waals surface area contributed by atoms with Gasteiger partial charge in [0.1, 0.15) is 12.4 Å². The minimum Gasteiger partial charge on any atom is -0.492 e. The second-order valence-electron chi connectivity index (χ2n) is 5.87. The van der Waals surface area contributed by atoms with Gasteiger partial charge in [-0.2, -0.15) is 0 Å². The number of benzene rings is 2. The number of rotatable bonds is 9. The van der Waals surface area contributed by atoms with Crippen molar-refractivity contribution in [3.63, 3.8) is 0 Å². The Morgan fingerprint density at radius 2 is 1.59 bits per heavy atom. The number of ether oxygens (including phenoxy) is 1. The number of nitrogens with one attached hydrogen (secondary N) is 1. The number of nitrogen functional groups attached to an aromatic ring is 1. The van der Waals surface area contributed by atoms with Crippen molar-refractivity contribution in [2.45, 2.75) is 20.3 Å². The van der Waals surface area contributed by atoms with E-state index < -0.39 is 0 Å². The van der Waals surface area contributed by atoms with Crippen LogP contribution >= 0.6 is 24.8 Å². The molecule has 0 heterocycles. The van der Waals surface area contributed by atoms with Gasteiger partial charge in [0.25, 0.3) is 0 Å². The van der Waals surface area contributed by atoms with Crippen LogP contribution < -0.4 is 15.8 Å². The van der Waals surface area contributed by atoms with Gasteiger partial charge in [-0.15, -0.1) is 24.8 Å². The second kappa shape index (κ2) is 13.3. The van der Waals surface area contributed by atoms with Crippen LogP contribution in [0.25, 0.3) is 0 Å². The molecule has 0 aliphatic heterocycles. The van der Waals surface area contributed by atoms with Crippen LogP contribution in [0.15, 0.2) is 48.5 Å². The molecule has 1 amide bonds. The Morgan fingerprint density at radius 1 is 1.00 bits per heavy atom. The summed E-state index contributed by atoms with van der Waals surface area (Å²) in [5.41, 5.74) is 8.04. The number of nitrogens with zero attached hydrogens (tertiary/aromatic N) is 1. The number of anilines is 2. The molecule has 0 aliphatic carbocycles. The molecule has 0 saturated carbocycles. The van der Waals surface area contributed by atoms with Crippen molar-refractivity contribution in [3.8, 4) is 5.75 Å². The molecule has 5 nitrogen and oxygen atoms in total. The Labute approximate surface area is 174 Å². The van der Waals surface area contributed by atoms with Gasteiger partial charge in [-0.25, -0.2) is 0 Å². The second-order valence-corrected chi connectivity index (χ2v) is 5.87. The first-order valence-electron chi connectivity index (χ1n) is 8.70. The van der Waals surface area contributed by atoms with E-state index >= 15 is 0 Å². The van der Waals surface area contributed by atoms with Crippen LogP contribution in [0, 0.1) is 0 Å². The van der Waals surface area contributed by atoms with Crippen LogP contribution in [0.2, 0.25) is 0 Å². The number of nitrogens with two attached hydrogens (primary N) is 1. The van der Waals surface area contributed by atoms with Crippen LogP contribution in [-0.2, 0) is 11.2 Å². The molecule has 0 bridgehead atoms. The Hall–Kier alpha value is -1.95. The molecule has 3 N–H and O–H groups in total. The Kier molecular flexibility index (Phi) is 12.3. The summed E-state index contributed by atoms with van der Waals surface area (Å²) in [4.78, 5) is 14.4. The van der Waals surface area contributed by atoms with Crippen molar-refractivity contribution >= 4 is 42.1 Å². The topological polar surface area (TPSA) is 67.6 Å². The van der Waals surface area contributed by atoms with Crippen LogP contribution in [0.1, 0.15) is 19.4 Å².